The van der Waals surface area contributed by atoms with Gasteiger partial charge in [-0.1, -0.05) is 35.4 Å². The Labute approximate surface area is 108 Å². The van der Waals surface area contributed by atoms with E-state index in [0.29, 0.717) is 0 Å². The van der Waals surface area contributed by atoms with Crippen molar-refractivity contribution in [1.29, 1.82) is 0 Å². The van der Waals surface area contributed by atoms with Crippen molar-refractivity contribution < 1.29 is 10.2 Å². The zero-order valence-electron chi connectivity index (χ0n) is 10.8. The van der Waals surface area contributed by atoms with Gasteiger partial charge < -0.3 is 10.2 Å². The number of aryl methyl sites for hydroxylation is 4. The molecule has 2 rings (SSSR count). The minimum Gasteiger partial charge on any atom is -0.508 e. The Bertz CT molecular complexity index is 539. The molecule has 0 saturated heterocycles. The van der Waals surface area contributed by atoms with Gasteiger partial charge in [0.2, 0.25) is 0 Å². The first-order valence-electron chi connectivity index (χ1n) is 6.12. The predicted octanol–water partition coefficient (Wildman–Crippen LogP) is 3.50. The third-order valence-corrected chi connectivity index (χ3v) is 3.03. The predicted molar refractivity (Wildman–Crippen MR) is 73.1 cm³/mol. The number of phenolic OH excluding ortho intramolecular Hbond substituents is 2. The summed E-state index contributed by atoms with van der Waals surface area (Å²) in [5.41, 5.74) is 4.67. The van der Waals surface area contributed by atoms with Crippen LogP contribution >= 0.6 is 0 Å². The molecule has 2 nitrogen and oxygen atoms in total. The molecule has 0 amide bonds. The molecule has 0 atom stereocenters. The molecule has 18 heavy (non-hydrogen) atoms. The summed E-state index contributed by atoms with van der Waals surface area (Å²) in [5.74, 6) is 0.266. The van der Waals surface area contributed by atoms with E-state index in [9.17, 15) is 10.2 Å². The van der Waals surface area contributed by atoms with Crippen LogP contribution in [0.1, 0.15) is 22.3 Å². The maximum absolute atomic E-state index is 9.72. The standard InChI is InChI=1S/C16H18O2/c1-11-7-12(2)9-13(8-11)3-4-14-5-6-15(17)10-16(14)18/h5-10,17-18H,3-4H2,1-2H3. The van der Waals surface area contributed by atoms with E-state index in [1.54, 1.807) is 12.1 Å². The van der Waals surface area contributed by atoms with Gasteiger partial charge in [-0.2, -0.15) is 0 Å². The molecule has 2 aromatic rings. The highest BCUT2D eigenvalue weighted by atomic mass is 16.3. The lowest BCUT2D eigenvalue weighted by atomic mass is 10.0. The Hall–Kier alpha value is -1.96. The molecule has 2 aromatic carbocycles. The van der Waals surface area contributed by atoms with Gasteiger partial charge in [-0.15, -0.1) is 0 Å². The third-order valence-electron chi connectivity index (χ3n) is 3.03. The van der Waals surface area contributed by atoms with Gasteiger partial charge in [-0.3, -0.25) is 0 Å². The van der Waals surface area contributed by atoms with Crippen LogP contribution in [0, 0.1) is 13.8 Å². The van der Waals surface area contributed by atoms with E-state index in [1.165, 1.54) is 22.8 Å². The summed E-state index contributed by atoms with van der Waals surface area (Å²) in [5, 5.41) is 19.0. The van der Waals surface area contributed by atoms with Crippen molar-refractivity contribution in [2.45, 2.75) is 26.7 Å². The summed E-state index contributed by atoms with van der Waals surface area (Å²) < 4.78 is 0. The van der Waals surface area contributed by atoms with Gasteiger partial charge in [-0.25, -0.2) is 0 Å². The second-order valence-electron chi connectivity index (χ2n) is 4.81. The summed E-state index contributed by atoms with van der Waals surface area (Å²) in [7, 11) is 0. The lowest BCUT2D eigenvalue weighted by Gasteiger charge is -2.07. The minimum absolute atomic E-state index is 0.0997. The minimum atomic E-state index is 0.0997. The van der Waals surface area contributed by atoms with Crippen LogP contribution in [0.3, 0.4) is 0 Å². The van der Waals surface area contributed by atoms with Crippen LogP contribution in [0.4, 0.5) is 0 Å². The second-order valence-corrected chi connectivity index (χ2v) is 4.81. The van der Waals surface area contributed by atoms with E-state index >= 15 is 0 Å². The monoisotopic (exact) mass is 242 g/mol. The Kier molecular flexibility index (Phi) is 3.56. The molecule has 0 fully saturated rings. The quantitative estimate of drug-likeness (QED) is 0.864. The van der Waals surface area contributed by atoms with E-state index in [2.05, 4.69) is 32.0 Å². The largest absolute Gasteiger partial charge is 0.508 e. The van der Waals surface area contributed by atoms with Crippen LogP contribution in [0.15, 0.2) is 36.4 Å². The smallest absolute Gasteiger partial charge is 0.122 e. The third kappa shape index (κ3) is 3.04. The summed E-state index contributed by atoms with van der Waals surface area (Å²) in [6, 6.07) is 11.3. The van der Waals surface area contributed by atoms with E-state index in [-0.39, 0.29) is 11.5 Å². The van der Waals surface area contributed by atoms with Crippen LogP contribution in [0.25, 0.3) is 0 Å². The molecule has 0 spiro atoms. The fourth-order valence-electron chi connectivity index (χ4n) is 2.26. The number of benzene rings is 2. The molecule has 0 aromatic heterocycles. The van der Waals surface area contributed by atoms with Gasteiger partial charge in [0.15, 0.2) is 0 Å². The number of phenols is 2. The molecule has 0 unspecified atom stereocenters. The fourth-order valence-corrected chi connectivity index (χ4v) is 2.26. The number of rotatable bonds is 3. The van der Waals surface area contributed by atoms with Gasteiger partial charge in [0.05, 0.1) is 0 Å². The Balaban J connectivity index is 2.11. The molecule has 0 aliphatic carbocycles. The van der Waals surface area contributed by atoms with Gasteiger partial charge in [0, 0.05) is 6.07 Å². The molecule has 2 N–H and O–H groups in total. The molecule has 0 heterocycles. The first kappa shape index (κ1) is 12.5. The normalized spacial score (nSPS) is 10.6. The summed E-state index contributed by atoms with van der Waals surface area (Å²) in [6.45, 7) is 4.18. The van der Waals surface area contributed by atoms with E-state index in [0.717, 1.165) is 18.4 Å². The molecule has 2 heteroatoms. The highest BCUT2D eigenvalue weighted by Crippen LogP contribution is 2.24. The molecular formula is C16H18O2. The molecular weight excluding hydrogens is 224 g/mol. The Morgan fingerprint density at radius 2 is 1.50 bits per heavy atom. The summed E-state index contributed by atoms with van der Waals surface area (Å²) >= 11 is 0. The van der Waals surface area contributed by atoms with Crippen LogP contribution in [0.5, 0.6) is 11.5 Å². The van der Waals surface area contributed by atoms with Crippen LogP contribution in [-0.4, -0.2) is 10.2 Å². The van der Waals surface area contributed by atoms with Crippen molar-refractivity contribution in [3.63, 3.8) is 0 Å². The van der Waals surface area contributed by atoms with E-state index < -0.39 is 0 Å². The first-order valence-corrected chi connectivity index (χ1v) is 6.12. The molecule has 0 saturated carbocycles. The van der Waals surface area contributed by atoms with Crippen molar-refractivity contribution >= 4 is 0 Å². The topological polar surface area (TPSA) is 40.5 Å². The van der Waals surface area contributed by atoms with Crippen LogP contribution in [-0.2, 0) is 12.8 Å². The second kappa shape index (κ2) is 5.13. The maximum Gasteiger partial charge on any atom is 0.122 e. The van der Waals surface area contributed by atoms with Gasteiger partial charge >= 0.3 is 0 Å². The van der Waals surface area contributed by atoms with Crippen molar-refractivity contribution in [3.05, 3.63) is 58.7 Å². The van der Waals surface area contributed by atoms with E-state index in [1.807, 2.05) is 0 Å². The maximum atomic E-state index is 9.72. The van der Waals surface area contributed by atoms with Crippen molar-refractivity contribution in [2.75, 3.05) is 0 Å². The van der Waals surface area contributed by atoms with Crippen LogP contribution < -0.4 is 0 Å². The van der Waals surface area contributed by atoms with Crippen molar-refractivity contribution in [1.82, 2.24) is 0 Å². The van der Waals surface area contributed by atoms with Crippen molar-refractivity contribution in [2.24, 2.45) is 0 Å². The highest BCUT2D eigenvalue weighted by Gasteiger charge is 2.03. The average molecular weight is 242 g/mol. The number of aromatic hydroxyl groups is 2. The lowest BCUT2D eigenvalue weighted by Crippen LogP contribution is -1.93. The summed E-state index contributed by atoms with van der Waals surface area (Å²) in [6.07, 6.45) is 1.66. The Morgan fingerprint density at radius 1 is 0.833 bits per heavy atom. The molecule has 0 bridgehead atoms. The molecule has 0 aliphatic heterocycles. The first-order chi connectivity index (χ1) is 8.54. The Morgan fingerprint density at radius 3 is 2.11 bits per heavy atom. The van der Waals surface area contributed by atoms with Gasteiger partial charge in [0.25, 0.3) is 0 Å². The highest BCUT2D eigenvalue weighted by molar-refractivity contribution is 5.39. The molecule has 0 aliphatic rings. The number of hydrogen-bond donors (Lipinski definition) is 2. The SMILES string of the molecule is Cc1cc(C)cc(CCc2ccc(O)cc2O)c1. The van der Waals surface area contributed by atoms with Gasteiger partial charge in [-0.05, 0) is 43.9 Å². The van der Waals surface area contributed by atoms with Crippen molar-refractivity contribution in [3.8, 4) is 11.5 Å². The van der Waals surface area contributed by atoms with E-state index in [4.69, 9.17) is 0 Å². The zero-order chi connectivity index (χ0) is 13.1. The molecule has 0 radical (unpaired) electrons. The van der Waals surface area contributed by atoms with Gasteiger partial charge in [0.1, 0.15) is 11.5 Å². The summed E-state index contributed by atoms with van der Waals surface area (Å²) in [4.78, 5) is 0. The lowest BCUT2D eigenvalue weighted by molar-refractivity contribution is 0.446. The zero-order valence-corrected chi connectivity index (χ0v) is 10.8. The van der Waals surface area contributed by atoms with Crippen LogP contribution in [0.2, 0.25) is 0 Å². The number of hydrogen-bond acceptors (Lipinski definition) is 2. The molecule has 94 valence electrons. The fraction of sp³-hybridized carbons (Fsp3) is 0.250. The average Bonchev–Trinajstić information content (AvgIpc) is 2.26.